The number of hydrogen-bond donors (Lipinski definition) is 1. The largest absolute Gasteiger partial charge is 0.392 e. The number of sulfonamides is 1. The Bertz CT molecular complexity index is 568. The molecule has 2 heterocycles. The van der Waals surface area contributed by atoms with E-state index in [1.54, 1.807) is 19.4 Å². The molecule has 1 aromatic rings. The molecule has 1 N–H and O–H groups in total. The first kappa shape index (κ1) is 16.5. The Hall–Kier alpha value is -0.920. The zero-order chi connectivity index (χ0) is 15.6. The van der Waals surface area contributed by atoms with Crippen molar-refractivity contribution in [3.05, 3.63) is 12.5 Å². The fourth-order valence-electron chi connectivity index (χ4n) is 2.73. The van der Waals surface area contributed by atoms with Gasteiger partial charge in [-0.2, -0.15) is 4.31 Å². The van der Waals surface area contributed by atoms with E-state index in [0.29, 0.717) is 13.0 Å². The fourth-order valence-corrected chi connectivity index (χ4v) is 4.42. The van der Waals surface area contributed by atoms with Crippen LogP contribution in [0, 0.1) is 0 Å². The summed E-state index contributed by atoms with van der Waals surface area (Å²) in [5.41, 5.74) is 0. The molecule has 1 aromatic heterocycles. The van der Waals surface area contributed by atoms with Crippen LogP contribution in [0.3, 0.4) is 0 Å². The lowest BCUT2D eigenvalue weighted by atomic mass is 10.0. The first-order valence-corrected chi connectivity index (χ1v) is 9.05. The molecule has 0 amide bonds. The van der Waals surface area contributed by atoms with E-state index in [1.807, 2.05) is 18.4 Å². The van der Waals surface area contributed by atoms with Gasteiger partial charge in [-0.15, -0.1) is 0 Å². The third-order valence-corrected chi connectivity index (χ3v) is 6.12. The normalized spacial score (nSPS) is 23.9. The van der Waals surface area contributed by atoms with Crippen LogP contribution < -0.4 is 0 Å². The quantitative estimate of drug-likeness (QED) is 0.898. The molecule has 120 valence electrons. The van der Waals surface area contributed by atoms with Gasteiger partial charge in [0.2, 0.25) is 0 Å². The van der Waals surface area contributed by atoms with Gasteiger partial charge in [0.15, 0.2) is 5.03 Å². The fraction of sp³-hybridized carbons (Fsp3) is 0.786. The molecule has 0 aromatic carbocycles. The Kier molecular flexibility index (Phi) is 5.06. The number of aliphatic hydroxyl groups is 1. The molecule has 1 fully saturated rings. The van der Waals surface area contributed by atoms with E-state index in [2.05, 4.69) is 4.98 Å². The molecule has 7 heteroatoms. The molecule has 1 saturated heterocycles. The lowest BCUT2D eigenvalue weighted by Gasteiger charge is -2.35. The Morgan fingerprint density at radius 3 is 2.76 bits per heavy atom. The van der Waals surface area contributed by atoms with Crippen molar-refractivity contribution >= 4 is 10.0 Å². The maximum absolute atomic E-state index is 12.8. The summed E-state index contributed by atoms with van der Waals surface area (Å²) in [6.07, 6.45) is 5.88. The zero-order valence-corrected chi connectivity index (χ0v) is 13.8. The van der Waals surface area contributed by atoms with Crippen molar-refractivity contribution in [3.8, 4) is 0 Å². The smallest absolute Gasteiger partial charge is 0.262 e. The van der Waals surface area contributed by atoms with Crippen molar-refractivity contribution in [2.24, 2.45) is 0 Å². The van der Waals surface area contributed by atoms with Crippen LogP contribution in [-0.4, -0.2) is 46.1 Å². The van der Waals surface area contributed by atoms with Crippen molar-refractivity contribution in [3.63, 3.8) is 0 Å². The van der Waals surface area contributed by atoms with Gasteiger partial charge in [-0.05, 0) is 33.1 Å². The van der Waals surface area contributed by atoms with Crippen LogP contribution in [0.15, 0.2) is 17.6 Å². The molecule has 6 nitrogen and oxygen atoms in total. The molecule has 3 atom stereocenters. The SMILES string of the molecule is CCC(C)n1cnc(S(=O)(=O)N2CCCCC2C(C)O)c1. The van der Waals surface area contributed by atoms with E-state index in [1.165, 1.54) is 4.31 Å². The molecule has 3 unspecified atom stereocenters. The highest BCUT2D eigenvalue weighted by Crippen LogP contribution is 2.27. The lowest BCUT2D eigenvalue weighted by molar-refractivity contribution is 0.0830. The molecule has 1 aliphatic heterocycles. The number of imidazole rings is 1. The molecule has 0 saturated carbocycles. The van der Waals surface area contributed by atoms with E-state index in [0.717, 1.165) is 19.3 Å². The van der Waals surface area contributed by atoms with Gasteiger partial charge in [-0.3, -0.25) is 0 Å². The minimum atomic E-state index is -3.64. The Morgan fingerprint density at radius 2 is 2.14 bits per heavy atom. The van der Waals surface area contributed by atoms with E-state index in [4.69, 9.17) is 0 Å². The second-order valence-corrected chi connectivity index (χ2v) is 7.67. The number of hydrogen-bond acceptors (Lipinski definition) is 4. The monoisotopic (exact) mass is 315 g/mol. The number of piperidine rings is 1. The van der Waals surface area contributed by atoms with Crippen LogP contribution in [0.4, 0.5) is 0 Å². The summed E-state index contributed by atoms with van der Waals surface area (Å²) in [5, 5.41) is 9.94. The van der Waals surface area contributed by atoms with Crippen LogP contribution in [0.1, 0.15) is 52.5 Å². The standard InChI is InChI=1S/C14H25N3O3S/c1-4-11(2)16-9-14(15-10-16)21(19,20)17-8-6-5-7-13(17)12(3)18/h9-13,18H,4-8H2,1-3H3. The van der Waals surface area contributed by atoms with Gasteiger partial charge >= 0.3 is 0 Å². The molecular formula is C14H25N3O3S. The summed E-state index contributed by atoms with van der Waals surface area (Å²) in [6.45, 7) is 6.18. The Morgan fingerprint density at radius 1 is 1.43 bits per heavy atom. The van der Waals surface area contributed by atoms with Gasteiger partial charge in [-0.25, -0.2) is 13.4 Å². The van der Waals surface area contributed by atoms with Crippen LogP contribution in [0.25, 0.3) is 0 Å². The van der Waals surface area contributed by atoms with E-state index in [-0.39, 0.29) is 17.1 Å². The minimum absolute atomic E-state index is 0.0790. The highest BCUT2D eigenvalue weighted by Gasteiger charge is 2.37. The maximum atomic E-state index is 12.8. The molecule has 21 heavy (non-hydrogen) atoms. The van der Waals surface area contributed by atoms with Gasteiger partial charge in [-0.1, -0.05) is 13.3 Å². The predicted octanol–water partition coefficient (Wildman–Crippen LogP) is 1.78. The molecular weight excluding hydrogens is 290 g/mol. The Labute approximate surface area is 126 Å². The highest BCUT2D eigenvalue weighted by molar-refractivity contribution is 7.89. The van der Waals surface area contributed by atoms with E-state index < -0.39 is 16.1 Å². The average molecular weight is 315 g/mol. The number of aliphatic hydroxyl groups excluding tert-OH is 1. The molecule has 2 rings (SSSR count). The van der Waals surface area contributed by atoms with Crippen molar-refractivity contribution in [2.75, 3.05) is 6.54 Å². The second-order valence-electron chi connectivity index (χ2n) is 5.84. The summed E-state index contributed by atoms with van der Waals surface area (Å²) in [7, 11) is -3.64. The second kappa shape index (κ2) is 6.46. The van der Waals surface area contributed by atoms with E-state index >= 15 is 0 Å². The summed E-state index contributed by atoms with van der Waals surface area (Å²) in [5.74, 6) is 0. The summed E-state index contributed by atoms with van der Waals surface area (Å²) >= 11 is 0. The lowest BCUT2D eigenvalue weighted by Crippen LogP contribution is -2.48. The molecule has 0 spiro atoms. The van der Waals surface area contributed by atoms with Crippen LogP contribution in [0.2, 0.25) is 0 Å². The van der Waals surface area contributed by atoms with Gasteiger partial charge in [0.25, 0.3) is 10.0 Å². The number of aromatic nitrogens is 2. The van der Waals surface area contributed by atoms with Gasteiger partial charge in [0.1, 0.15) is 0 Å². The first-order valence-electron chi connectivity index (χ1n) is 7.61. The average Bonchev–Trinajstić information content (AvgIpc) is 2.97. The van der Waals surface area contributed by atoms with Crippen LogP contribution >= 0.6 is 0 Å². The number of nitrogens with zero attached hydrogens (tertiary/aromatic N) is 3. The van der Waals surface area contributed by atoms with Crippen molar-refractivity contribution < 1.29 is 13.5 Å². The van der Waals surface area contributed by atoms with Crippen LogP contribution in [0.5, 0.6) is 0 Å². The highest BCUT2D eigenvalue weighted by atomic mass is 32.2. The summed E-state index contributed by atoms with van der Waals surface area (Å²) in [6, 6.07) is -0.132. The van der Waals surface area contributed by atoms with Crippen molar-refractivity contribution in [2.45, 2.75) is 69.7 Å². The molecule has 0 radical (unpaired) electrons. The number of rotatable bonds is 5. The van der Waals surface area contributed by atoms with Crippen molar-refractivity contribution in [1.29, 1.82) is 0 Å². The first-order chi connectivity index (χ1) is 9.87. The van der Waals surface area contributed by atoms with Crippen molar-refractivity contribution in [1.82, 2.24) is 13.9 Å². The predicted molar refractivity (Wildman–Crippen MR) is 80.4 cm³/mol. The third-order valence-electron chi connectivity index (χ3n) is 4.31. The van der Waals surface area contributed by atoms with Crippen LogP contribution in [-0.2, 0) is 10.0 Å². The summed E-state index contributed by atoms with van der Waals surface area (Å²) < 4.78 is 28.8. The minimum Gasteiger partial charge on any atom is -0.392 e. The molecule has 1 aliphatic rings. The zero-order valence-electron chi connectivity index (χ0n) is 12.9. The molecule has 0 aliphatic carbocycles. The Balaban J connectivity index is 2.29. The topological polar surface area (TPSA) is 75.4 Å². The van der Waals surface area contributed by atoms with E-state index in [9.17, 15) is 13.5 Å². The maximum Gasteiger partial charge on any atom is 0.262 e. The van der Waals surface area contributed by atoms with Gasteiger partial charge in [0, 0.05) is 18.8 Å². The van der Waals surface area contributed by atoms with Gasteiger partial charge in [0.05, 0.1) is 18.5 Å². The molecule has 0 bridgehead atoms. The van der Waals surface area contributed by atoms with Gasteiger partial charge < -0.3 is 9.67 Å². The summed E-state index contributed by atoms with van der Waals surface area (Å²) in [4.78, 5) is 4.08. The third kappa shape index (κ3) is 3.30.